The first kappa shape index (κ1) is 12.9. The van der Waals surface area contributed by atoms with Crippen molar-refractivity contribution in [1.82, 2.24) is 5.32 Å². The number of benzene rings is 1. The van der Waals surface area contributed by atoms with Crippen molar-refractivity contribution in [3.8, 4) is 0 Å². The van der Waals surface area contributed by atoms with Crippen LogP contribution in [0.25, 0.3) is 0 Å². The van der Waals surface area contributed by atoms with Crippen LogP contribution in [0.4, 0.5) is 4.39 Å². The molecule has 0 saturated carbocycles. The predicted molar refractivity (Wildman–Crippen MR) is 72.7 cm³/mol. The minimum atomic E-state index is -0.292. The van der Waals surface area contributed by atoms with Crippen molar-refractivity contribution in [2.24, 2.45) is 0 Å². The largest absolute Gasteiger partial charge is 0.314 e. The van der Waals surface area contributed by atoms with Crippen LogP contribution in [0.2, 0.25) is 0 Å². The summed E-state index contributed by atoms with van der Waals surface area (Å²) in [4.78, 5) is 1.38. The number of aryl methyl sites for hydroxylation is 1. The summed E-state index contributed by atoms with van der Waals surface area (Å²) in [6.07, 6.45) is 1.13. The maximum Gasteiger partial charge on any atom is 0.0977 e. The number of nitrogens with one attached hydrogen (secondary N) is 1. The number of hydrogen-bond acceptors (Lipinski definition) is 2. The van der Waals surface area contributed by atoms with E-state index in [1.54, 1.807) is 0 Å². The van der Waals surface area contributed by atoms with Crippen LogP contribution in [0.15, 0.2) is 23.1 Å². The molecule has 1 aromatic carbocycles. The quantitative estimate of drug-likeness (QED) is 0.863. The van der Waals surface area contributed by atoms with E-state index in [4.69, 9.17) is 0 Å². The van der Waals surface area contributed by atoms with Crippen molar-refractivity contribution < 1.29 is 4.39 Å². The summed E-state index contributed by atoms with van der Waals surface area (Å²) in [5, 5.41) is 3.32. The molecule has 0 aromatic heterocycles. The van der Waals surface area contributed by atoms with Gasteiger partial charge in [-0.2, -0.15) is 0 Å². The number of rotatable bonds is 5. The van der Waals surface area contributed by atoms with Crippen LogP contribution < -0.4 is 5.32 Å². The number of fused-ring (bicyclic) bond motifs is 1. The van der Waals surface area contributed by atoms with Crippen molar-refractivity contribution in [2.75, 3.05) is 19.0 Å². The van der Waals surface area contributed by atoms with Crippen molar-refractivity contribution in [3.63, 3.8) is 0 Å². The molecule has 1 heterocycles. The molecule has 0 amide bonds. The number of hydrogen-bond donors (Lipinski definition) is 1. The highest BCUT2D eigenvalue weighted by Crippen LogP contribution is 2.34. The number of halogens is 1. The van der Waals surface area contributed by atoms with Crippen LogP contribution in [0.1, 0.15) is 30.9 Å². The zero-order chi connectivity index (χ0) is 12.3. The van der Waals surface area contributed by atoms with Gasteiger partial charge in [-0.15, -0.1) is 11.8 Å². The Morgan fingerprint density at radius 3 is 3.00 bits per heavy atom. The van der Waals surface area contributed by atoms with E-state index < -0.39 is 0 Å². The molecular weight excluding hydrogens is 233 g/mol. The van der Waals surface area contributed by atoms with Crippen molar-refractivity contribution in [3.05, 3.63) is 29.3 Å². The molecule has 2 unspecified atom stereocenters. The fourth-order valence-electron chi connectivity index (χ4n) is 2.41. The van der Waals surface area contributed by atoms with Gasteiger partial charge < -0.3 is 5.32 Å². The molecule has 17 heavy (non-hydrogen) atoms. The lowest BCUT2D eigenvalue weighted by Gasteiger charge is -2.23. The lowest BCUT2D eigenvalue weighted by Crippen LogP contribution is -2.33. The minimum absolute atomic E-state index is 0.0224. The molecule has 94 valence electrons. The summed E-state index contributed by atoms with van der Waals surface area (Å²) in [6.45, 7) is 4.72. The average molecular weight is 253 g/mol. The Morgan fingerprint density at radius 1 is 1.47 bits per heavy atom. The van der Waals surface area contributed by atoms with E-state index >= 15 is 0 Å². The summed E-state index contributed by atoms with van der Waals surface area (Å²) in [5.74, 6) is 1.15. The summed E-state index contributed by atoms with van der Waals surface area (Å²) >= 11 is 1.91. The molecule has 0 fully saturated rings. The molecule has 1 nitrogen and oxygen atoms in total. The van der Waals surface area contributed by atoms with Crippen LogP contribution in [-0.4, -0.2) is 25.0 Å². The first-order chi connectivity index (χ1) is 8.26. The van der Waals surface area contributed by atoms with E-state index in [0.717, 1.165) is 18.5 Å². The molecule has 0 aliphatic carbocycles. The van der Waals surface area contributed by atoms with Gasteiger partial charge in [0.15, 0.2) is 0 Å². The van der Waals surface area contributed by atoms with E-state index in [1.165, 1.54) is 16.2 Å². The number of thioether (sulfide) groups is 1. The van der Waals surface area contributed by atoms with Crippen LogP contribution in [-0.2, 0) is 6.42 Å². The smallest absolute Gasteiger partial charge is 0.0977 e. The summed E-state index contributed by atoms with van der Waals surface area (Å²) in [5.41, 5.74) is 2.54. The van der Waals surface area contributed by atoms with Gasteiger partial charge in [-0.1, -0.05) is 19.1 Å². The van der Waals surface area contributed by atoms with Crippen LogP contribution >= 0.6 is 11.8 Å². The zero-order valence-electron chi connectivity index (χ0n) is 10.5. The Bertz CT molecular complexity index is 380. The molecule has 1 aliphatic heterocycles. The Labute approximate surface area is 107 Å². The Hall–Kier alpha value is -0.540. The van der Waals surface area contributed by atoms with E-state index in [9.17, 15) is 4.39 Å². The van der Waals surface area contributed by atoms with Gasteiger partial charge in [0.25, 0.3) is 0 Å². The average Bonchev–Trinajstić information content (AvgIpc) is 2.77. The fourth-order valence-corrected chi connectivity index (χ4v) is 3.47. The van der Waals surface area contributed by atoms with E-state index in [0.29, 0.717) is 0 Å². The third-order valence-electron chi connectivity index (χ3n) is 3.44. The lowest BCUT2D eigenvalue weighted by atomic mass is 9.92. The van der Waals surface area contributed by atoms with Gasteiger partial charge in [0, 0.05) is 22.6 Å². The van der Waals surface area contributed by atoms with Crippen molar-refractivity contribution in [1.29, 1.82) is 0 Å². The van der Waals surface area contributed by atoms with Gasteiger partial charge in [-0.3, -0.25) is 4.39 Å². The summed E-state index contributed by atoms with van der Waals surface area (Å²) < 4.78 is 13.2. The first-order valence-electron chi connectivity index (χ1n) is 6.31. The van der Waals surface area contributed by atoms with Gasteiger partial charge in [0.05, 0.1) is 6.67 Å². The number of alkyl halides is 1. The molecule has 0 spiro atoms. The highest BCUT2D eigenvalue weighted by Gasteiger charge is 2.20. The molecule has 1 aliphatic rings. The second kappa shape index (κ2) is 5.87. The Morgan fingerprint density at radius 2 is 2.29 bits per heavy atom. The maximum atomic E-state index is 13.2. The molecule has 3 heteroatoms. The standard InChI is InChI=1S/C14H20FNS/c1-3-16-10(2)13(9-15)11-4-5-14-12(8-11)6-7-17-14/h4-5,8,10,13,16H,3,6-7,9H2,1-2H3. The third kappa shape index (κ3) is 2.83. The lowest BCUT2D eigenvalue weighted by molar-refractivity contribution is 0.364. The van der Waals surface area contributed by atoms with Gasteiger partial charge in [0.1, 0.15) is 0 Å². The monoisotopic (exact) mass is 253 g/mol. The molecule has 1 N–H and O–H groups in total. The van der Waals surface area contributed by atoms with Crippen molar-refractivity contribution >= 4 is 11.8 Å². The topological polar surface area (TPSA) is 12.0 Å². The van der Waals surface area contributed by atoms with Gasteiger partial charge in [-0.25, -0.2) is 0 Å². The molecular formula is C14H20FNS. The van der Waals surface area contributed by atoms with E-state index in [2.05, 4.69) is 37.4 Å². The fraction of sp³-hybridized carbons (Fsp3) is 0.571. The Balaban J connectivity index is 2.19. The maximum absolute atomic E-state index is 13.2. The van der Waals surface area contributed by atoms with Crippen LogP contribution in [0.3, 0.4) is 0 Å². The Kier molecular flexibility index (Phi) is 4.46. The molecule has 2 rings (SSSR count). The molecule has 0 saturated heterocycles. The van der Waals surface area contributed by atoms with Gasteiger partial charge in [0.2, 0.25) is 0 Å². The first-order valence-corrected chi connectivity index (χ1v) is 7.29. The van der Waals surface area contributed by atoms with Gasteiger partial charge in [-0.05, 0) is 37.1 Å². The van der Waals surface area contributed by atoms with Crippen LogP contribution in [0.5, 0.6) is 0 Å². The summed E-state index contributed by atoms with van der Waals surface area (Å²) in [7, 11) is 0. The molecule has 0 radical (unpaired) electrons. The third-order valence-corrected chi connectivity index (χ3v) is 4.56. The molecule has 0 bridgehead atoms. The zero-order valence-corrected chi connectivity index (χ0v) is 11.3. The van der Waals surface area contributed by atoms with E-state index in [1.807, 2.05) is 11.8 Å². The highest BCUT2D eigenvalue weighted by molar-refractivity contribution is 7.99. The number of likely N-dealkylation sites (N-methyl/N-ethyl adjacent to an activating group) is 1. The minimum Gasteiger partial charge on any atom is -0.314 e. The SMILES string of the molecule is CCNC(C)C(CF)c1ccc2c(c1)CCS2. The normalized spacial score (nSPS) is 17.8. The predicted octanol–water partition coefficient (Wildman–Crippen LogP) is 3.39. The molecule has 1 aromatic rings. The molecule has 2 atom stereocenters. The summed E-state index contributed by atoms with van der Waals surface area (Å²) in [6, 6.07) is 6.64. The second-order valence-corrected chi connectivity index (χ2v) is 5.71. The second-order valence-electron chi connectivity index (χ2n) is 4.57. The van der Waals surface area contributed by atoms with Crippen molar-refractivity contribution in [2.45, 2.75) is 37.1 Å². The highest BCUT2D eigenvalue weighted by atomic mass is 32.2. The van der Waals surface area contributed by atoms with Crippen LogP contribution in [0, 0.1) is 0 Å². The van der Waals surface area contributed by atoms with Gasteiger partial charge >= 0.3 is 0 Å². The van der Waals surface area contributed by atoms with E-state index in [-0.39, 0.29) is 18.6 Å².